The van der Waals surface area contributed by atoms with Crippen molar-refractivity contribution >= 4 is 38.6 Å². The molecule has 2 unspecified atom stereocenters. The molecule has 0 spiro atoms. The monoisotopic (exact) mass is 470 g/mol. The Kier molecular flexibility index (Phi) is 6.46. The Morgan fingerprint density at radius 2 is 2.00 bits per heavy atom. The minimum atomic E-state index is -0.211. The SMILES string of the molecule is CC1CCN(C(=O)C=C2CCCCC2)CC1NC(=O)c1ccc2cncc(Br)c2n1. The number of likely N-dealkylation sites (tertiary alicyclic amines) is 1. The number of nitrogens with one attached hydrogen (secondary N) is 1. The van der Waals surface area contributed by atoms with Crippen molar-refractivity contribution in [3.63, 3.8) is 0 Å². The molecule has 2 aromatic heterocycles. The maximum absolute atomic E-state index is 12.9. The summed E-state index contributed by atoms with van der Waals surface area (Å²) in [6.07, 6.45) is 11.8. The van der Waals surface area contributed by atoms with Gasteiger partial charge in [-0.25, -0.2) is 4.98 Å². The van der Waals surface area contributed by atoms with Crippen LogP contribution in [0.25, 0.3) is 10.9 Å². The Morgan fingerprint density at radius 3 is 2.80 bits per heavy atom. The van der Waals surface area contributed by atoms with Gasteiger partial charge in [-0.2, -0.15) is 0 Å². The lowest BCUT2D eigenvalue weighted by atomic mass is 9.92. The van der Waals surface area contributed by atoms with E-state index in [-0.39, 0.29) is 17.9 Å². The van der Waals surface area contributed by atoms with Gasteiger partial charge in [0.1, 0.15) is 5.69 Å². The highest BCUT2D eigenvalue weighted by Gasteiger charge is 2.30. The molecule has 2 fully saturated rings. The van der Waals surface area contributed by atoms with Gasteiger partial charge >= 0.3 is 0 Å². The highest BCUT2D eigenvalue weighted by Crippen LogP contribution is 2.24. The van der Waals surface area contributed by atoms with Crippen LogP contribution in [0.5, 0.6) is 0 Å². The first-order chi connectivity index (χ1) is 14.5. The predicted molar refractivity (Wildman–Crippen MR) is 120 cm³/mol. The fourth-order valence-electron chi connectivity index (χ4n) is 4.25. The van der Waals surface area contributed by atoms with Gasteiger partial charge in [-0.05, 0) is 66.1 Å². The second kappa shape index (κ2) is 9.25. The molecule has 0 aromatic carbocycles. The number of hydrogen-bond acceptors (Lipinski definition) is 4. The average molecular weight is 471 g/mol. The second-order valence-electron chi connectivity index (χ2n) is 8.38. The summed E-state index contributed by atoms with van der Waals surface area (Å²) in [4.78, 5) is 36.2. The molecule has 0 radical (unpaired) electrons. The first kappa shape index (κ1) is 21.0. The zero-order valence-corrected chi connectivity index (χ0v) is 18.8. The van der Waals surface area contributed by atoms with Crippen LogP contribution in [0.2, 0.25) is 0 Å². The summed E-state index contributed by atoms with van der Waals surface area (Å²) in [5.41, 5.74) is 2.35. The van der Waals surface area contributed by atoms with E-state index in [0.29, 0.717) is 23.7 Å². The quantitative estimate of drug-likeness (QED) is 0.680. The molecule has 7 heteroatoms. The lowest BCUT2D eigenvalue weighted by Gasteiger charge is -2.37. The summed E-state index contributed by atoms with van der Waals surface area (Å²) in [6, 6.07) is 3.49. The van der Waals surface area contributed by atoms with Crippen LogP contribution < -0.4 is 5.32 Å². The van der Waals surface area contributed by atoms with Crippen molar-refractivity contribution in [1.82, 2.24) is 20.2 Å². The molecule has 2 aliphatic rings. The van der Waals surface area contributed by atoms with Gasteiger partial charge in [-0.1, -0.05) is 18.9 Å². The molecule has 1 saturated heterocycles. The minimum Gasteiger partial charge on any atom is -0.346 e. The molecular weight excluding hydrogens is 444 g/mol. The van der Waals surface area contributed by atoms with Gasteiger partial charge in [0.15, 0.2) is 0 Å². The molecule has 4 rings (SSSR count). The number of halogens is 1. The lowest BCUT2D eigenvalue weighted by molar-refractivity contribution is -0.127. The Hall–Kier alpha value is -2.28. The van der Waals surface area contributed by atoms with Crippen LogP contribution in [0.1, 0.15) is 55.9 Å². The number of pyridine rings is 2. The number of piperidine rings is 1. The van der Waals surface area contributed by atoms with Crippen molar-refractivity contribution in [2.24, 2.45) is 5.92 Å². The standard InChI is InChI=1S/C23H27BrN4O2/c1-15-9-10-28(21(29)11-16-5-3-2-4-6-16)14-20(15)27-23(30)19-8-7-17-12-25-13-18(24)22(17)26-19/h7-8,11-13,15,20H,2-6,9-10,14H2,1H3,(H,27,30). The first-order valence-electron chi connectivity index (χ1n) is 10.7. The summed E-state index contributed by atoms with van der Waals surface area (Å²) < 4.78 is 0.758. The molecule has 1 aliphatic carbocycles. The number of carbonyl (C=O) groups excluding carboxylic acids is 2. The van der Waals surface area contributed by atoms with Crippen LogP contribution in [0.3, 0.4) is 0 Å². The molecular formula is C23H27BrN4O2. The van der Waals surface area contributed by atoms with Gasteiger partial charge in [-0.3, -0.25) is 14.6 Å². The van der Waals surface area contributed by atoms with E-state index in [1.807, 2.05) is 17.0 Å². The molecule has 1 N–H and O–H groups in total. The van der Waals surface area contributed by atoms with E-state index in [1.165, 1.54) is 24.8 Å². The molecule has 2 atom stereocenters. The number of allylic oxidation sites excluding steroid dienone is 1. The van der Waals surface area contributed by atoms with E-state index in [2.05, 4.69) is 38.1 Å². The topological polar surface area (TPSA) is 75.2 Å². The van der Waals surface area contributed by atoms with Crippen molar-refractivity contribution in [2.75, 3.05) is 13.1 Å². The van der Waals surface area contributed by atoms with Gasteiger partial charge in [0.2, 0.25) is 5.91 Å². The summed E-state index contributed by atoms with van der Waals surface area (Å²) in [6.45, 7) is 3.41. The zero-order valence-electron chi connectivity index (χ0n) is 17.2. The van der Waals surface area contributed by atoms with Gasteiger partial charge in [0.05, 0.1) is 9.99 Å². The Morgan fingerprint density at radius 1 is 1.20 bits per heavy atom. The molecule has 1 aliphatic heterocycles. The number of fused-ring (bicyclic) bond motifs is 1. The largest absolute Gasteiger partial charge is 0.346 e. The zero-order chi connectivity index (χ0) is 21.1. The van der Waals surface area contributed by atoms with Gasteiger partial charge < -0.3 is 10.2 Å². The van der Waals surface area contributed by atoms with Crippen LogP contribution in [-0.2, 0) is 4.79 Å². The number of nitrogens with zero attached hydrogens (tertiary/aromatic N) is 3. The Bertz CT molecular complexity index is 982. The fourth-order valence-corrected chi connectivity index (χ4v) is 4.69. The summed E-state index contributed by atoms with van der Waals surface area (Å²) in [5, 5.41) is 3.99. The lowest BCUT2D eigenvalue weighted by Crippen LogP contribution is -2.53. The van der Waals surface area contributed by atoms with Gasteiger partial charge in [-0.15, -0.1) is 0 Å². The van der Waals surface area contributed by atoms with Crippen molar-refractivity contribution < 1.29 is 9.59 Å². The highest BCUT2D eigenvalue weighted by atomic mass is 79.9. The van der Waals surface area contributed by atoms with Gasteiger partial charge in [0, 0.05) is 43.0 Å². The molecule has 3 heterocycles. The smallest absolute Gasteiger partial charge is 0.270 e. The molecule has 2 aromatic rings. The predicted octanol–water partition coefficient (Wildman–Crippen LogP) is 4.25. The fraction of sp³-hybridized carbons (Fsp3) is 0.478. The molecule has 6 nitrogen and oxygen atoms in total. The van der Waals surface area contributed by atoms with Crippen LogP contribution in [-0.4, -0.2) is 45.8 Å². The normalized spacial score (nSPS) is 22.1. The Labute approximate surface area is 185 Å². The number of rotatable bonds is 3. The maximum atomic E-state index is 12.9. The molecule has 158 valence electrons. The van der Waals surface area contributed by atoms with Crippen LogP contribution >= 0.6 is 15.9 Å². The molecule has 30 heavy (non-hydrogen) atoms. The van der Waals surface area contributed by atoms with Crippen molar-refractivity contribution in [1.29, 1.82) is 0 Å². The van der Waals surface area contributed by atoms with Gasteiger partial charge in [0.25, 0.3) is 5.91 Å². The summed E-state index contributed by atoms with van der Waals surface area (Å²) >= 11 is 3.45. The van der Waals surface area contributed by atoms with E-state index >= 15 is 0 Å². The summed E-state index contributed by atoms with van der Waals surface area (Å²) in [5.74, 6) is 0.174. The molecule has 1 saturated carbocycles. The second-order valence-corrected chi connectivity index (χ2v) is 9.24. The Balaban J connectivity index is 1.44. The third kappa shape index (κ3) is 4.72. The van der Waals surface area contributed by atoms with Crippen LogP contribution in [0, 0.1) is 5.92 Å². The van der Waals surface area contributed by atoms with E-state index in [0.717, 1.165) is 35.7 Å². The number of amides is 2. The van der Waals surface area contributed by atoms with E-state index in [4.69, 9.17) is 0 Å². The van der Waals surface area contributed by atoms with Crippen molar-refractivity contribution in [3.8, 4) is 0 Å². The maximum Gasteiger partial charge on any atom is 0.270 e. The third-order valence-corrected chi connectivity index (χ3v) is 6.78. The number of aromatic nitrogens is 2. The van der Waals surface area contributed by atoms with Crippen LogP contribution in [0.15, 0.2) is 40.6 Å². The van der Waals surface area contributed by atoms with E-state index in [9.17, 15) is 9.59 Å². The third-order valence-electron chi connectivity index (χ3n) is 6.20. The van der Waals surface area contributed by atoms with E-state index in [1.54, 1.807) is 18.5 Å². The van der Waals surface area contributed by atoms with Crippen molar-refractivity contribution in [2.45, 2.75) is 51.5 Å². The first-order valence-corrected chi connectivity index (χ1v) is 11.5. The van der Waals surface area contributed by atoms with Crippen molar-refractivity contribution in [3.05, 3.63) is 46.3 Å². The average Bonchev–Trinajstić information content (AvgIpc) is 2.76. The summed E-state index contributed by atoms with van der Waals surface area (Å²) in [7, 11) is 0. The highest BCUT2D eigenvalue weighted by molar-refractivity contribution is 9.10. The number of carbonyl (C=O) groups is 2. The minimum absolute atomic E-state index is 0.0818. The molecule has 0 bridgehead atoms. The van der Waals surface area contributed by atoms with E-state index < -0.39 is 0 Å². The molecule has 2 amide bonds. The number of hydrogen-bond donors (Lipinski definition) is 1. The van der Waals surface area contributed by atoms with Crippen LogP contribution in [0.4, 0.5) is 0 Å².